The third-order valence-electron chi connectivity index (χ3n) is 1.65. The smallest absolute Gasteiger partial charge is 0.223 e. The fraction of sp³-hybridized carbons (Fsp3) is 0. The van der Waals surface area contributed by atoms with Crippen LogP contribution >= 0.6 is 0 Å². The molecule has 4 nitrogen and oxygen atoms in total. The van der Waals surface area contributed by atoms with Crippen molar-refractivity contribution < 1.29 is 4.39 Å². The molecule has 1 aromatic carbocycles. The van der Waals surface area contributed by atoms with Crippen molar-refractivity contribution in [3.05, 3.63) is 36.4 Å². The average molecular weight is 178 g/mol. The molecule has 0 bridgehead atoms. The molecular weight excluding hydrogens is 171 g/mol. The highest BCUT2D eigenvalue weighted by Gasteiger charge is 2.01. The summed E-state index contributed by atoms with van der Waals surface area (Å²) >= 11 is 0. The molecule has 1 aromatic heterocycles. The molecule has 0 atom stereocenters. The molecule has 5 heteroatoms. The summed E-state index contributed by atoms with van der Waals surface area (Å²) in [5.74, 6) is -0.00551. The summed E-state index contributed by atoms with van der Waals surface area (Å²) in [6.07, 6.45) is 1.35. The van der Waals surface area contributed by atoms with E-state index in [0.29, 0.717) is 5.69 Å². The van der Waals surface area contributed by atoms with E-state index in [9.17, 15) is 4.39 Å². The molecule has 0 saturated heterocycles. The molecule has 13 heavy (non-hydrogen) atoms. The fourth-order valence-electron chi connectivity index (χ4n) is 1.03. The molecule has 66 valence electrons. The van der Waals surface area contributed by atoms with Gasteiger partial charge in [-0.05, 0) is 24.3 Å². The molecule has 2 rings (SSSR count). The Morgan fingerprint density at radius 1 is 1.23 bits per heavy atom. The van der Waals surface area contributed by atoms with Crippen LogP contribution in [0.15, 0.2) is 30.6 Å². The summed E-state index contributed by atoms with van der Waals surface area (Å²) in [5, 5.41) is 3.87. The number of aromatic nitrogens is 3. The molecule has 0 saturated carbocycles. The SMILES string of the molecule is Nc1ncnn1-c1ccc(F)cc1. The molecular formula is C8H7FN4. The van der Waals surface area contributed by atoms with Gasteiger partial charge in [0.2, 0.25) is 5.95 Å². The van der Waals surface area contributed by atoms with Crippen molar-refractivity contribution >= 4 is 5.95 Å². The van der Waals surface area contributed by atoms with Crippen LogP contribution in [0.2, 0.25) is 0 Å². The van der Waals surface area contributed by atoms with E-state index in [4.69, 9.17) is 5.73 Å². The van der Waals surface area contributed by atoms with Crippen LogP contribution in [0.1, 0.15) is 0 Å². The Morgan fingerprint density at radius 3 is 2.46 bits per heavy atom. The topological polar surface area (TPSA) is 56.7 Å². The van der Waals surface area contributed by atoms with Gasteiger partial charge in [0.15, 0.2) is 0 Å². The molecule has 1 heterocycles. The predicted octanol–water partition coefficient (Wildman–Crippen LogP) is 0.989. The second-order valence-electron chi connectivity index (χ2n) is 2.51. The van der Waals surface area contributed by atoms with Crippen molar-refractivity contribution in [3.8, 4) is 5.69 Å². The number of hydrogen-bond acceptors (Lipinski definition) is 3. The minimum absolute atomic E-state index is 0.284. The summed E-state index contributed by atoms with van der Waals surface area (Å²) < 4.78 is 14.0. The van der Waals surface area contributed by atoms with Gasteiger partial charge in [-0.1, -0.05) is 0 Å². The lowest BCUT2D eigenvalue weighted by molar-refractivity contribution is 0.627. The molecule has 0 amide bonds. The van der Waals surface area contributed by atoms with E-state index in [1.807, 2.05) is 0 Å². The van der Waals surface area contributed by atoms with Crippen LogP contribution < -0.4 is 5.73 Å². The standard InChI is InChI=1S/C8H7FN4/c9-6-1-3-7(4-2-6)13-8(10)11-5-12-13/h1-5H,(H2,10,11,12). The predicted molar refractivity (Wildman–Crippen MR) is 45.7 cm³/mol. The highest BCUT2D eigenvalue weighted by molar-refractivity contribution is 5.36. The summed E-state index contributed by atoms with van der Waals surface area (Å²) in [4.78, 5) is 3.75. The van der Waals surface area contributed by atoms with Crippen molar-refractivity contribution in [1.29, 1.82) is 0 Å². The zero-order chi connectivity index (χ0) is 9.26. The van der Waals surface area contributed by atoms with Gasteiger partial charge in [-0.3, -0.25) is 0 Å². The van der Waals surface area contributed by atoms with Gasteiger partial charge < -0.3 is 5.73 Å². The fourth-order valence-corrected chi connectivity index (χ4v) is 1.03. The van der Waals surface area contributed by atoms with Gasteiger partial charge in [0, 0.05) is 0 Å². The largest absolute Gasteiger partial charge is 0.368 e. The minimum Gasteiger partial charge on any atom is -0.368 e. The van der Waals surface area contributed by atoms with Gasteiger partial charge in [0.25, 0.3) is 0 Å². The minimum atomic E-state index is -0.289. The van der Waals surface area contributed by atoms with Crippen molar-refractivity contribution in [3.63, 3.8) is 0 Å². The first kappa shape index (κ1) is 7.72. The Balaban J connectivity index is 2.47. The van der Waals surface area contributed by atoms with Crippen molar-refractivity contribution in [2.24, 2.45) is 0 Å². The van der Waals surface area contributed by atoms with E-state index in [-0.39, 0.29) is 11.8 Å². The highest BCUT2D eigenvalue weighted by atomic mass is 19.1. The van der Waals surface area contributed by atoms with Gasteiger partial charge in [-0.15, -0.1) is 0 Å². The van der Waals surface area contributed by atoms with Gasteiger partial charge in [-0.25, -0.2) is 4.39 Å². The molecule has 0 aliphatic heterocycles. The van der Waals surface area contributed by atoms with Crippen LogP contribution in [0.3, 0.4) is 0 Å². The number of hydrogen-bond donors (Lipinski definition) is 1. The highest BCUT2D eigenvalue weighted by Crippen LogP contribution is 2.09. The van der Waals surface area contributed by atoms with E-state index >= 15 is 0 Å². The molecule has 0 spiro atoms. The quantitative estimate of drug-likeness (QED) is 0.708. The zero-order valence-electron chi connectivity index (χ0n) is 6.68. The number of nitrogens with zero attached hydrogens (tertiary/aromatic N) is 3. The lowest BCUT2D eigenvalue weighted by atomic mass is 10.3. The molecule has 0 aliphatic carbocycles. The number of nitrogen functional groups attached to an aromatic ring is 1. The lowest BCUT2D eigenvalue weighted by Crippen LogP contribution is -2.01. The van der Waals surface area contributed by atoms with E-state index in [2.05, 4.69) is 10.1 Å². The lowest BCUT2D eigenvalue weighted by Gasteiger charge is -2.00. The maximum absolute atomic E-state index is 12.6. The van der Waals surface area contributed by atoms with E-state index in [1.54, 1.807) is 12.1 Å². The Kier molecular flexibility index (Phi) is 1.70. The summed E-state index contributed by atoms with van der Waals surface area (Å²) in [6.45, 7) is 0. The Hall–Kier alpha value is -1.91. The molecule has 0 aliphatic rings. The van der Waals surface area contributed by atoms with Crippen molar-refractivity contribution in [1.82, 2.24) is 14.8 Å². The third kappa shape index (κ3) is 1.35. The Labute approximate surface area is 73.8 Å². The van der Waals surface area contributed by atoms with Crippen LogP contribution in [0.5, 0.6) is 0 Å². The van der Waals surface area contributed by atoms with Gasteiger partial charge >= 0.3 is 0 Å². The molecule has 0 unspecified atom stereocenters. The van der Waals surface area contributed by atoms with E-state index in [0.717, 1.165) is 0 Å². The number of benzene rings is 1. The number of rotatable bonds is 1. The molecule has 2 N–H and O–H groups in total. The third-order valence-corrected chi connectivity index (χ3v) is 1.65. The second kappa shape index (κ2) is 2.85. The van der Waals surface area contributed by atoms with Gasteiger partial charge in [0.1, 0.15) is 12.1 Å². The van der Waals surface area contributed by atoms with Crippen LogP contribution in [0, 0.1) is 5.82 Å². The number of halogens is 1. The zero-order valence-corrected chi connectivity index (χ0v) is 6.68. The van der Waals surface area contributed by atoms with Crippen LogP contribution in [-0.4, -0.2) is 14.8 Å². The van der Waals surface area contributed by atoms with Gasteiger partial charge in [-0.2, -0.15) is 14.8 Å². The summed E-state index contributed by atoms with van der Waals surface area (Å²) in [6, 6.07) is 5.85. The van der Waals surface area contributed by atoms with Gasteiger partial charge in [0.05, 0.1) is 5.69 Å². The number of anilines is 1. The van der Waals surface area contributed by atoms with Crippen LogP contribution in [-0.2, 0) is 0 Å². The Morgan fingerprint density at radius 2 is 1.92 bits per heavy atom. The first-order valence-electron chi connectivity index (χ1n) is 3.69. The first-order valence-corrected chi connectivity index (χ1v) is 3.69. The average Bonchev–Trinajstić information content (AvgIpc) is 2.53. The second-order valence-corrected chi connectivity index (χ2v) is 2.51. The van der Waals surface area contributed by atoms with Crippen LogP contribution in [0.4, 0.5) is 10.3 Å². The maximum Gasteiger partial charge on any atom is 0.223 e. The van der Waals surface area contributed by atoms with Crippen molar-refractivity contribution in [2.75, 3.05) is 5.73 Å². The Bertz CT molecular complexity index is 406. The summed E-state index contributed by atoms with van der Waals surface area (Å²) in [5.41, 5.74) is 6.20. The molecule has 2 aromatic rings. The normalized spacial score (nSPS) is 10.2. The van der Waals surface area contributed by atoms with Crippen molar-refractivity contribution in [2.45, 2.75) is 0 Å². The molecule has 0 radical (unpaired) electrons. The van der Waals surface area contributed by atoms with Crippen LogP contribution in [0.25, 0.3) is 5.69 Å². The maximum atomic E-state index is 12.6. The summed E-state index contributed by atoms with van der Waals surface area (Å²) in [7, 11) is 0. The van der Waals surface area contributed by atoms with E-state index in [1.165, 1.54) is 23.1 Å². The number of nitrogens with two attached hydrogens (primary N) is 1. The molecule has 0 fully saturated rings. The monoisotopic (exact) mass is 178 g/mol. The van der Waals surface area contributed by atoms with E-state index < -0.39 is 0 Å². The first-order chi connectivity index (χ1) is 6.27.